The van der Waals surface area contributed by atoms with Crippen molar-refractivity contribution >= 4 is 51.7 Å². The summed E-state index contributed by atoms with van der Waals surface area (Å²) >= 11 is 9.87. The molecule has 0 aromatic heterocycles. The second-order valence-electron chi connectivity index (χ2n) is 10.0. The van der Waals surface area contributed by atoms with Crippen molar-refractivity contribution in [3.05, 3.63) is 97.6 Å². The van der Waals surface area contributed by atoms with Crippen LogP contribution in [0.3, 0.4) is 0 Å². The molecule has 0 unspecified atom stereocenters. The number of carbonyl (C=O) groups is 3. The van der Waals surface area contributed by atoms with Crippen molar-refractivity contribution in [3.63, 3.8) is 0 Å². The van der Waals surface area contributed by atoms with Crippen molar-refractivity contribution in [2.24, 2.45) is 5.10 Å². The van der Waals surface area contributed by atoms with E-state index in [1.54, 1.807) is 56.3 Å². The molecule has 248 valence electrons. The van der Waals surface area contributed by atoms with Gasteiger partial charge in [-0.05, 0) is 82.9 Å². The Labute approximate surface area is 283 Å². The molecule has 15 heteroatoms. The summed E-state index contributed by atoms with van der Waals surface area (Å²) in [5.41, 5.74) is 5.32. The van der Waals surface area contributed by atoms with Gasteiger partial charge in [-0.1, -0.05) is 29.8 Å². The number of halogens is 2. The smallest absolute Gasteiger partial charge is 0.337 e. The van der Waals surface area contributed by atoms with Crippen LogP contribution in [0.1, 0.15) is 46.9 Å². The van der Waals surface area contributed by atoms with Crippen molar-refractivity contribution in [2.75, 3.05) is 20.3 Å². The molecule has 0 fully saturated rings. The molecule has 0 saturated carbocycles. The summed E-state index contributed by atoms with van der Waals surface area (Å²) in [5, 5.41) is 29.2. The van der Waals surface area contributed by atoms with Crippen LogP contribution in [-0.4, -0.2) is 60.9 Å². The number of aliphatic hydroxyl groups excluding tert-OH is 1. The van der Waals surface area contributed by atoms with Gasteiger partial charge in [0, 0.05) is 5.70 Å². The minimum Gasteiger partial charge on any atom is -0.490 e. The molecule has 5 N–H and O–H groups in total. The molecule has 13 nitrogen and oxygen atoms in total. The molecule has 1 aliphatic heterocycles. The van der Waals surface area contributed by atoms with E-state index in [0.29, 0.717) is 50.2 Å². The van der Waals surface area contributed by atoms with Crippen LogP contribution >= 0.6 is 27.5 Å². The van der Waals surface area contributed by atoms with Crippen LogP contribution < -0.4 is 30.3 Å². The van der Waals surface area contributed by atoms with Crippen molar-refractivity contribution in [1.29, 1.82) is 0 Å². The lowest BCUT2D eigenvalue weighted by atomic mass is 9.95. The van der Waals surface area contributed by atoms with Crippen molar-refractivity contribution in [3.8, 4) is 17.2 Å². The monoisotopic (exact) mass is 730 g/mol. The number of nitrogens with one attached hydrogen (secondary N) is 3. The van der Waals surface area contributed by atoms with Gasteiger partial charge in [0.2, 0.25) is 0 Å². The number of esters is 1. The molecule has 0 aliphatic carbocycles. The molecule has 1 aliphatic rings. The summed E-state index contributed by atoms with van der Waals surface area (Å²) in [6.45, 7) is 3.69. The number of rotatable bonds is 14. The molecular weight excluding hydrogens is 700 g/mol. The molecule has 47 heavy (non-hydrogen) atoms. The number of amides is 2. The highest BCUT2D eigenvalue weighted by molar-refractivity contribution is 9.10. The SMILES string of the molecule is CCOc1cc([C@H]2NC(=O)NC(C)=C2C(=O)OC)ccc1OC[C@@H](O)N/N=C\c1cc(Cl)c(OCc2ccc(C(=O)O)cc2)c(Br)c1. The highest BCUT2D eigenvalue weighted by atomic mass is 79.9. The largest absolute Gasteiger partial charge is 0.490 e. The molecule has 0 radical (unpaired) electrons. The molecule has 2 amide bonds. The van der Waals surface area contributed by atoms with Gasteiger partial charge in [0.15, 0.2) is 23.5 Å². The van der Waals surface area contributed by atoms with Gasteiger partial charge in [0.05, 0.1) is 46.6 Å². The predicted molar refractivity (Wildman–Crippen MR) is 176 cm³/mol. The average molecular weight is 732 g/mol. The summed E-state index contributed by atoms with van der Waals surface area (Å²) in [5.74, 6) is -0.528. The number of ether oxygens (including phenoxy) is 4. The summed E-state index contributed by atoms with van der Waals surface area (Å²) in [7, 11) is 1.26. The zero-order valence-electron chi connectivity index (χ0n) is 25.5. The number of aliphatic hydroxyl groups is 1. The van der Waals surface area contributed by atoms with Crippen LogP contribution in [0.2, 0.25) is 5.02 Å². The van der Waals surface area contributed by atoms with Gasteiger partial charge in [-0.15, -0.1) is 0 Å². The number of hydrazone groups is 1. The van der Waals surface area contributed by atoms with Gasteiger partial charge in [0.25, 0.3) is 0 Å². The molecular formula is C32H32BrClN4O9. The molecule has 4 rings (SSSR count). The summed E-state index contributed by atoms with van der Waals surface area (Å²) < 4.78 is 22.8. The van der Waals surface area contributed by atoms with Gasteiger partial charge in [-0.2, -0.15) is 5.10 Å². The molecule has 3 aromatic rings. The van der Waals surface area contributed by atoms with Gasteiger partial charge in [-0.25, -0.2) is 14.4 Å². The maximum Gasteiger partial charge on any atom is 0.337 e. The number of benzene rings is 3. The van der Waals surface area contributed by atoms with Gasteiger partial charge >= 0.3 is 18.0 Å². The third-order valence-electron chi connectivity index (χ3n) is 6.71. The van der Waals surface area contributed by atoms with E-state index in [1.807, 2.05) is 0 Å². The predicted octanol–water partition coefficient (Wildman–Crippen LogP) is 4.90. The normalized spacial score (nSPS) is 15.0. The van der Waals surface area contributed by atoms with E-state index < -0.39 is 30.2 Å². The van der Waals surface area contributed by atoms with E-state index in [4.69, 9.17) is 35.7 Å². The van der Waals surface area contributed by atoms with Crippen LogP contribution in [0.5, 0.6) is 17.2 Å². The fourth-order valence-corrected chi connectivity index (χ4v) is 5.50. The van der Waals surface area contributed by atoms with Crippen LogP contribution in [-0.2, 0) is 16.1 Å². The highest BCUT2D eigenvalue weighted by Gasteiger charge is 2.32. The first-order valence-electron chi connectivity index (χ1n) is 14.2. The maximum atomic E-state index is 12.4. The number of carboxylic acid groups (broad SMARTS) is 1. The maximum absolute atomic E-state index is 12.4. The lowest BCUT2D eigenvalue weighted by Crippen LogP contribution is -2.45. The van der Waals surface area contributed by atoms with Crippen molar-refractivity contribution < 1.29 is 43.5 Å². The molecule has 0 spiro atoms. The van der Waals surface area contributed by atoms with E-state index in [2.05, 4.69) is 37.1 Å². The van der Waals surface area contributed by atoms with Crippen LogP contribution in [0, 0.1) is 0 Å². The molecule has 3 aromatic carbocycles. The summed E-state index contributed by atoms with van der Waals surface area (Å²) in [4.78, 5) is 35.6. The zero-order chi connectivity index (χ0) is 34.1. The number of carboxylic acids is 1. The third kappa shape index (κ3) is 9.15. The number of hydrogen-bond acceptors (Lipinski definition) is 10. The van der Waals surface area contributed by atoms with Crippen molar-refractivity contribution in [1.82, 2.24) is 16.1 Å². The number of methoxy groups -OCH3 is 1. The molecule has 1 heterocycles. The first kappa shape index (κ1) is 35.1. The lowest BCUT2D eigenvalue weighted by molar-refractivity contribution is -0.136. The Bertz CT molecular complexity index is 1680. The molecule has 0 saturated heterocycles. The van der Waals surface area contributed by atoms with Crippen LogP contribution in [0.4, 0.5) is 4.79 Å². The fourth-order valence-electron chi connectivity index (χ4n) is 4.51. The Morgan fingerprint density at radius 3 is 2.51 bits per heavy atom. The Kier molecular flexibility index (Phi) is 12.1. The van der Waals surface area contributed by atoms with E-state index >= 15 is 0 Å². The topological polar surface area (TPSA) is 177 Å². The number of hydrogen-bond donors (Lipinski definition) is 5. The van der Waals surface area contributed by atoms with E-state index in [-0.39, 0.29) is 24.4 Å². The Hall–Kier alpha value is -4.79. The number of allylic oxidation sites excluding steroid dienone is 1. The Morgan fingerprint density at radius 2 is 1.85 bits per heavy atom. The number of urea groups is 1. The van der Waals surface area contributed by atoms with Crippen molar-refractivity contribution in [2.45, 2.75) is 32.7 Å². The highest BCUT2D eigenvalue weighted by Crippen LogP contribution is 2.36. The Morgan fingerprint density at radius 1 is 1.11 bits per heavy atom. The third-order valence-corrected chi connectivity index (χ3v) is 7.58. The average Bonchev–Trinajstić information content (AvgIpc) is 3.03. The minimum atomic E-state index is -1.20. The minimum absolute atomic E-state index is 0.174. The number of nitrogens with zero attached hydrogens (tertiary/aromatic N) is 1. The molecule has 2 atom stereocenters. The summed E-state index contributed by atoms with van der Waals surface area (Å²) in [6, 6.07) is 13.4. The van der Waals surface area contributed by atoms with E-state index in [0.717, 1.165) is 5.56 Å². The van der Waals surface area contributed by atoms with Gasteiger partial charge < -0.3 is 39.8 Å². The Balaban J connectivity index is 1.36. The lowest BCUT2D eigenvalue weighted by Gasteiger charge is -2.28. The quantitative estimate of drug-likeness (QED) is 0.0664. The van der Waals surface area contributed by atoms with E-state index in [1.165, 1.54) is 25.5 Å². The van der Waals surface area contributed by atoms with Gasteiger partial charge in [-0.3, -0.25) is 5.43 Å². The number of aromatic carboxylic acids is 1. The zero-order valence-corrected chi connectivity index (χ0v) is 27.8. The van der Waals surface area contributed by atoms with E-state index in [9.17, 15) is 19.5 Å². The second-order valence-corrected chi connectivity index (χ2v) is 11.3. The summed E-state index contributed by atoms with van der Waals surface area (Å²) in [6.07, 6.45) is 0.255. The molecule has 0 bridgehead atoms. The van der Waals surface area contributed by atoms with Gasteiger partial charge in [0.1, 0.15) is 13.2 Å². The number of carbonyl (C=O) groups excluding carboxylic acids is 2. The first-order valence-corrected chi connectivity index (χ1v) is 15.3. The van der Waals surface area contributed by atoms with Crippen LogP contribution in [0.25, 0.3) is 0 Å². The van der Waals surface area contributed by atoms with Crippen LogP contribution in [0.15, 0.2) is 75.4 Å². The fraction of sp³-hybridized carbons (Fsp3) is 0.250. The standard InChI is InChI=1S/C32H32BrClN4O9/c1-4-45-25-13-21(28-27(31(42)44-3)17(2)36-32(43)37-28)9-10-24(25)46-16-26(39)38-35-14-19-11-22(33)29(23(34)12-19)47-15-18-5-7-20(8-6-18)30(40)41/h5-14,26,28,38-39H,4,15-16H2,1-3H3,(H,40,41)(H2,36,37,43)/b35-14-/t26-,28-/m1/s1. The second kappa shape index (κ2) is 16.2. The first-order chi connectivity index (χ1) is 22.5.